The Morgan fingerprint density at radius 1 is 1.24 bits per heavy atom. The molecule has 1 heterocycles. The summed E-state index contributed by atoms with van der Waals surface area (Å²) in [4.78, 5) is 37.6. The van der Waals surface area contributed by atoms with E-state index in [4.69, 9.17) is 4.74 Å². The highest BCUT2D eigenvalue weighted by molar-refractivity contribution is 9.10. The Balaban J connectivity index is 1.89. The van der Waals surface area contributed by atoms with E-state index in [9.17, 15) is 24.0 Å². The summed E-state index contributed by atoms with van der Waals surface area (Å²) in [5, 5.41) is 15.0. The summed E-state index contributed by atoms with van der Waals surface area (Å²) in [6, 6.07) is 13.2. The highest BCUT2D eigenvalue weighted by atomic mass is 79.9. The maximum Gasteiger partial charge on any atom is 0.319 e. The van der Waals surface area contributed by atoms with E-state index < -0.39 is 35.4 Å². The summed E-state index contributed by atoms with van der Waals surface area (Å²) in [5.41, 5.74) is 0.685. The molecule has 0 saturated carbocycles. The summed E-state index contributed by atoms with van der Waals surface area (Å²) in [7, 11) is 1.17. The van der Waals surface area contributed by atoms with E-state index in [1.807, 2.05) is 0 Å². The van der Waals surface area contributed by atoms with Crippen LogP contribution in [0.25, 0.3) is 0 Å². The summed E-state index contributed by atoms with van der Waals surface area (Å²) in [5.74, 6) is -4.94. The molecule has 2 amide bonds. The molecule has 7 nitrogen and oxygen atoms in total. The van der Waals surface area contributed by atoms with Gasteiger partial charge in [0.1, 0.15) is 11.7 Å². The fraction of sp³-hybridized carbons (Fsp3) is 0.182. The van der Waals surface area contributed by atoms with Crippen molar-refractivity contribution >= 4 is 67.1 Å². The van der Waals surface area contributed by atoms with Crippen molar-refractivity contribution in [2.75, 3.05) is 18.2 Å². The van der Waals surface area contributed by atoms with Crippen molar-refractivity contribution in [3.05, 3.63) is 73.4 Å². The fourth-order valence-corrected chi connectivity index (χ4v) is 4.89. The molecule has 170 valence electrons. The number of hydrogen-bond donors (Lipinski definition) is 2. The number of halogens is 3. The third-order valence-electron chi connectivity index (χ3n) is 4.74. The number of ether oxygens (including phenoxy) is 1. The molecule has 2 aromatic carbocycles. The second-order valence-corrected chi connectivity index (χ2v) is 9.66. The predicted molar refractivity (Wildman–Crippen MR) is 128 cm³/mol. The van der Waals surface area contributed by atoms with E-state index in [2.05, 4.69) is 48.6 Å². The molecule has 2 atom stereocenters. The number of esters is 1. The standard InChI is InChI=1S/C22H16Br2FN3O4S/c1-32-22(31)19-18(11-3-2-4-12(23)7-11)14(9-26)21(28-20(19)30)33-10-17(29)27-16-6-5-13(24)8-15(16)25/h2-8,18-19H,10H2,1H3,(H,27,29)(H,28,30)/t18-,19+/m0/s1. The van der Waals surface area contributed by atoms with Gasteiger partial charge in [-0.05, 0) is 35.9 Å². The van der Waals surface area contributed by atoms with Gasteiger partial charge in [-0.2, -0.15) is 5.26 Å². The van der Waals surface area contributed by atoms with Crippen LogP contribution in [0.1, 0.15) is 11.5 Å². The second-order valence-electron chi connectivity index (χ2n) is 6.84. The Bertz CT molecular complexity index is 1200. The van der Waals surface area contributed by atoms with Crippen LogP contribution < -0.4 is 10.6 Å². The number of nitrogens with one attached hydrogen (secondary N) is 2. The third-order valence-corrected chi connectivity index (χ3v) is 6.75. The molecule has 0 aromatic heterocycles. The van der Waals surface area contributed by atoms with Crippen LogP contribution in [0.3, 0.4) is 0 Å². The van der Waals surface area contributed by atoms with Crippen LogP contribution in [0.4, 0.5) is 10.1 Å². The summed E-state index contributed by atoms with van der Waals surface area (Å²) in [6.07, 6.45) is 0. The van der Waals surface area contributed by atoms with Crippen LogP contribution in [0.15, 0.2) is 62.0 Å². The first kappa shape index (κ1) is 25.0. The van der Waals surface area contributed by atoms with Crippen molar-refractivity contribution in [2.45, 2.75) is 5.92 Å². The van der Waals surface area contributed by atoms with Gasteiger partial charge in [-0.15, -0.1) is 0 Å². The Labute approximate surface area is 210 Å². The van der Waals surface area contributed by atoms with Crippen molar-refractivity contribution in [1.29, 1.82) is 5.26 Å². The lowest BCUT2D eigenvalue weighted by atomic mass is 9.78. The first-order chi connectivity index (χ1) is 15.7. The van der Waals surface area contributed by atoms with Gasteiger partial charge in [0.15, 0.2) is 0 Å². The number of methoxy groups -OCH3 is 1. The number of allylic oxidation sites excluding steroid dienone is 1. The van der Waals surface area contributed by atoms with Crippen LogP contribution in [-0.4, -0.2) is 30.6 Å². The Morgan fingerprint density at radius 3 is 2.61 bits per heavy atom. The number of carbonyl (C=O) groups excluding carboxylic acids is 3. The maximum absolute atomic E-state index is 14.0. The predicted octanol–water partition coefficient (Wildman–Crippen LogP) is 4.46. The first-order valence-corrected chi connectivity index (χ1v) is 12.0. The molecule has 33 heavy (non-hydrogen) atoms. The lowest BCUT2D eigenvalue weighted by Crippen LogP contribution is -2.44. The number of hydrogen-bond acceptors (Lipinski definition) is 6. The Morgan fingerprint density at radius 2 is 1.97 bits per heavy atom. The zero-order valence-electron chi connectivity index (χ0n) is 17.0. The number of anilines is 1. The normalized spacial score (nSPS) is 17.7. The lowest BCUT2D eigenvalue weighted by molar-refractivity contribution is -0.150. The SMILES string of the molecule is COC(=O)[C@H]1C(=O)NC(SCC(=O)Nc2ccc(Br)cc2F)=C(C#N)[C@@H]1c1cccc(Br)c1. The molecule has 11 heteroatoms. The minimum absolute atomic E-state index is 0.00346. The molecule has 2 N–H and O–H groups in total. The molecule has 1 aliphatic heterocycles. The lowest BCUT2D eigenvalue weighted by Gasteiger charge is -2.31. The molecule has 3 rings (SSSR count). The molecule has 0 spiro atoms. The number of thioether (sulfide) groups is 1. The molecule has 0 fully saturated rings. The molecule has 0 saturated heterocycles. The van der Waals surface area contributed by atoms with Gasteiger partial charge in [0.2, 0.25) is 11.8 Å². The zero-order valence-corrected chi connectivity index (χ0v) is 21.0. The van der Waals surface area contributed by atoms with Gasteiger partial charge < -0.3 is 15.4 Å². The largest absolute Gasteiger partial charge is 0.468 e. The summed E-state index contributed by atoms with van der Waals surface area (Å²) < 4.78 is 20.0. The highest BCUT2D eigenvalue weighted by Gasteiger charge is 2.44. The average Bonchev–Trinajstić information content (AvgIpc) is 2.78. The van der Waals surface area contributed by atoms with Crippen LogP contribution in [0, 0.1) is 23.1 Å². The van der Waals surface area contributed by atoms with Crippen LogP contribution in [0.2, 0.25) is 0 Å². The smallest absolute Gasteiger partial charge is 0.319 e. The van der Waals surface area contributed by atoms with Crippen LogP contribution in [-0.2, 0) is 19.1 Å². The van der Waals surface area contributed by atoms with E-state index in [-0.39, 0.29) is 22.0 Å². The van der Waals surface area contributed by atoms with E-state index in [1.165, 1.54) is 19.2 Å². The fourth-order valence-electron chi connectivity index (χ4n) is 3.29. The van der Waals surface area contributed by atoms with E-state index >= 15 is 0 Å². The number of carbonyl (C=O) groups is 3. The van der Waals surface area contributed by atoms with Gasteiger partial charge in [-0.1, -0.05) is 55.8 Å². The minimum Gasteiger partial charge on any atom is -0.468 e. The van der Waals surface area contributed by atoms with Gasteiger partial charge in [0, 0.05) is 14.9 Å². The van der Waals surface area contributed by atoms with Crippen molar-refractivity contribution in [1.82, 2.24) is 5.32 Å². The minimum atomic E-state index is -1.27. The monoisotopic (exact) mass is 595 g/mol. The molecule has 0 bridgehead atoms. The molecule has 0 unspecified atom stereocenters. The average molecular weight is 597 g/mol. The first-order valence-electron chi connectivity index (χ1n) is 9.41. The van der Waals surface area contributed by atoms with Gasteiger partial charge >= 0.3 is 5.97 Å². The van der Waals surface area contributed by atoms with Crippen molar-refractivity contribution < 1.29 is 23.5 Å². The van der Waals surface area contributed by atoms with Crippen molar-refractivity contribution in [2.24, 2.45) is 5.92 Å². The van der Waals surface area contributed by atoms with Crippen LogP contribution in [0.5, 0.6) is 0 Å². The van der Waals surface area contributed by atoms with Crippen molar-refractivity contribution in [3.63, 3.8) is 0 Å². The highest BCUT2D eigenvalue weighted by Crippen LogP contribution is 2.40. The Hall–Kier alpha value is -2.68. The molecule has 0 radical (unpaired) electrons. The topological polar surface area (TPSA) is 108 Å². The zero-order chi connectivity index (χ0) is 24.1. The Kier molecular flexibility index (Phi) is 8.29. The van der Waals surface area contributed by atoms with Gasteiger partial charge in [-0.3, -0.25) is 14.4 Å². The number of nitrogens with zero attached hydrogens (tertiary/aromatic N) is 1. The van der Waals surface area contributed by atoms with Gasteiger partial charge in [0.05, 0.1) is 35.2 Å². The molecular formula is C22H16Br2FN3O4S. The molecule has 1 aliphatic rings. The molecule has 2 aromatic rings. The molecule has 0 aliphatic carbocycles. The molecular weight excluding hydrogens is 581 g/mol. The maximum atomic E-state index is 14.0. The summed E-state index contributed by atoms with van der Waals surface area (Å²) in [6.45, 7) is 0. The number of nitriles is 1. The van der Waals surface area contributed by atoms with Gasteiger partial charge in [0.25, 0.3) is 0 Å². The van der Waals surface area contributed by atoms with E-state index in [1.54, 1.807) is 30.3 Å². The quantitative estimate of drug-likeness (QED) is 0.376. The number of amides is 2. The van der Waals surface area contributed by atoms with E-state index in [0.717, 1.165) is 11.8 Å². The van der Waals surface area contributed by atoms with Crippen molar-refractivity contribution in [3.8, 4) is 6.07 Å². The van der Waals surface area contributed by atoms with Gasteiger partial charge in [-0.25, -0.2) is 4.39 Å². The third kappa shape index (κ3) is 5.82. The number of benzene rings is 2. The summed E-state index contributed by atoms with van der Waals surface area (Å²) >= 11 is 7.42. The van der Waals surface area contributed by atoms with Crippen LogP contribution >= 0.6 is 43.6 Å². The second kappa shape index (κ2) is 11.0. The number of rotatable bonds is 6. The van der Waals surface area contributed by atoms with E-state index in [0.29, 0.717) is 14.5 Å².